The van der Waals surface area contributed by atoms with Crippen molar-refractivity contribution >= 4 is 15.9 Å². The minimum Gasteiger partial charge on any atom is -0.311 e. The molecule has 1 aromatic rings. The molecule has 2 N–H and O–H groups in total. The summed E-state index contributed by atoms with van der Waals surface area (Å²) in [5.41, 5.74) is 1.50. The average Bonchev–Trinajstić information content (AvgIpc) is 2.23. The van der Waals surface area contributed by atoms with Gasteiger partial charge >= 0.3 is 0 Å². The van der Waals surface area contributed by atoms with E-state index in [1.165, 1.54) is 10.0 Å². The van der Waals surface area contributed by atoms with Crippen LogP contribution in [-0.2, 0) is 0 Å². The van der Waals surface area contributed by atoms with E-state index in [0.29, 0.717) is 6.04 Å². The fourth-order valence-corrected chi connectivity index (χ4v) is 2.29. The van der Waals surface area contributed by atoms with Crippen LogP contribution in [0.1, 0.15) is 39.3 Å². The smallest absolute Gasteiger partial charge is 0.0303 e. The zero-order chi connectivity index (χ0) is 12.9. The second-order valence-electron chi connectivity index (χ2n) is 5.37. The first kappa shape index (κ1) is 14.7. The summed E-state index contributed by atoms with van der Waals surface area (Å²) in [4.78, 5) is 0. The third-order valence-corrected chi connectivity index (χ3v) is 3.32. The Morgan fingerprint density at radius 1 is 1.18 bits per heavy atom. The Morgan fingerprint density at radius 2 is 1.82 bits per heavy atom. The highest BCUT2D eigenvalue weighted by atomic mass is 79.9. The molecule has 0 aliphatic carbocycles. The summed E-state index contributed by atoms with van der Waals surface area (Å²) >= 11 is 3.58. The fourth-order valence-electron chi connectivity index (χ4n) is 1.66. The van der Waals surface area contributed by atoms with Crippen LogP contribution in [0, 0.1) is 0 Å². The van der Waals surface area contributed by atoms with Gasteiger partial charge in [-0.15, -0.1) is 0 Å². The number of nitrogens with one attached hydrogen (secondary N) is 2. The molecule has 17 heavy (non-hydrogen) atoms. The van der Waals surface area contributed by atoms with Crippen molar-refractivity contribution in [3.63, 3.8) is 0 Å². The predicted molar refractivity (Wildman–Crippen MR) is 78.3 cm³/mol. The monoisotopic (exact) mass is 298 g/mol. The molecule has 96 valence electrons. The first-order valence-electron chi connectivity index (χ1n) is 6.13. The van der Waals surface area contributed by atoms with Gasteiger partial charge in [0.2, 0.25) is 0 Å². The van der Waals surface area contributed by atoms with Gasteiger partial charge in [0.15, 0.2) is 0 Å². The van der Waals surface area contributed by atoms with Crippen LogP contribution in [0.15, 0.2) is 28.7 Å². The lowest BCUT2D eigenvalue weighted by atomic mass is 10.1. The van der Waals surface area contributed by atoms with Crippen LogP contribution in [-0.4, -0.2) is 18.6 Å². The van der Waals surface area contributed by atoms with E-state index in [9.17, 15) is 0 Å². The molecule has 0 aliphatic heterocycles. The lowest BCUT2D eigenvalue weighted by molar-refractivity contribution is 0.414. The molecule has 0 aromatic heterocycles. The van der Waals surface area contributed by atoms with Crippen LogP contribution in [0.3, 0.4) is 0 Å². The lowest BCUT2D eigenvalue weighted by Gasteiger charge is -2.22. The summed E-state index contributed by atoms with van der Waals surface area (Å²) in [5, 5.41) is 6.99. The Labute approximate surface area is 113 Å². The van der Waals surface area contributed by atoms with E-state index in [1.54, 1.807) is 0 Å². The largest absolute Gasteiger partial charge is 0.311 e. The second-order valence-corrected chi connectivity index (χ2v) is 6.23. The van der Waals surface area contributed by atoms with Crippen LogP contribution >= 0.6 is 15.9 Å². The third-order valence-electron chi connectivity index (χ3n) is 2.60. The van der Waals surface area contributed by atoms with Crippen LogP contribution in [0.5, 0.6) is 0 Å². The van der Waals surface area contributed by atoms with Crippen molar-refractivity contribution in [2.45, 2.75) is 39.3 Å². The maximum Gasteiger partial charge on any atom is 0.0303 e. The summed E-state index contributed by atoms with van der Waals surface area (Å²) in [6, 6.07) is 8.72. The van der Waals surface area contributed by atoms with Crippen LogP contribution in [0.2, 0.25) is 0 Å². The highest BCUT2D eigenvalue weighted by Gasteiger charge is 2.10. The van der Waals surface area contributed by atoms with Crippen molar-refractivity contribution in [1.29, 1.82) is 0 Å². The van der Waals surface area contributed by atoms with Crippen LogP contribution in [0.25, 0.3) is 0 Å². The average molecular weight is 299 g/mol. The highest BCUT2D eigenvalue weighted by molar-refractivity contribution is 9.10. The molecule has 0 spiro atoms. The van der Waals surface area contributed by atoms with Crippen molar-refractivity contribution in [2.24, 2.45) is 0 Å². The SMILES string of the molecule is CC(NCCNC(C)(C)C)c1ccccc1Br. The van der Waals surface area contributed by atoms with Gasteiger partial charge in [0.05, 0.1) is 0 Å². The van der Waals surface area contributed by atoms with Gasteiger partial charge in [-0.1, -0.05) is 34.1 Å². The van der Waals surface area contributed by atoms with E-state index in [4.69, 9.17) is 0 Å². The van der Waals surface area contributed by atoms with E-state index in [1.807, 2.05) is 6.07 Å². The van der Waals surface area contributed by atoms with Crippen molar-refractivity contribution < 1.29 is 0 Å². The number of hydrogen-bond acceptors (Lipinski definition) is 2. The molecule has 0 aliphatic rings. The standard InChI is InChI=1S/C14H23BrN2/c1-11(12-7-5-6-8-13(12)15)16-9-10-17-14(2,3)4/h5-8,11,16-17H,9-10H2,1-4H3. The van der Waals surface area contributed by atoms with Crippen LogP contribution in [0.4, 0.5) is 0 Å². The van der Waals surface area contributed by atoms with E-state index >= 15 is 0 Å². The lowest BCUT2D eigenvalue weighted by Crippen LogP contribution is -2.40. The molecule has 1 unspecified atom stereocenters. The van der Waals surface area contributed by atoms with E-state index < -0.39 is 0 Å². The Hall–Kier alpha value is -0.380. The maximum absolute atomic E-state index is 3.58. The summed E-state index contributed by atoms with van der Waals surface area (Å²) in [5.74, 6) is 0. The Morgan fingerprint density at radius 3 is 2.41 bits per heavy atom. The van der Waals surface area contributed by atoms with Crippen molar-refractivity contribution in [3.05, 3.63) is 34.3 Å². The molecule has 0 bridgehead atoms. The molecular weight excluding hydrogens is 276 g/mol. The van der Waals surface area contributed by atoms with E-state index in [-0.39, 0.29) is 5.54 Å². The quantitative estimate of drug-likeness (QED) is 0.813. The molecule has 1 rings (SSSR count). The minimum absolute atomic E-state index is 0.193. The predicted octanol–water partition coefficient (Wildman–Crippen LogP) is 3.49. The molecule has 0 fully saturated rings. The zero-order valence-corrected chi connectivity index (χ0v) is 12.8. The zero-order valence-electron chi connectivity index (χ0n) is 11.2. The van der Waals surface area contributed by atoms with Crippen molar-refractivity contribution in [1.82, 2.24) is 10.6 Å². The molecule has 2 nitrogen and oxygen atoms in total. The molecule has 0 heterocycles. The van der Waals surface area contributed by atoms with Crippen molar-refractivity contribution in [3.8, 4) is 0 Å². The number of benzene rings is 1. The topological polar surface area (TPSA) is 24.1 Å². The van der Waals surface area contributed by atoms with Crippen molar-refractivity contribution in [2.75, 3.05) is 13.1 Å². The Kier molecular flexibility index (Phi) is 5.63. The number of rotatable bonds is 5. The molecule has 3 heteroatoms. The Bertz CT molecular complexity index is 344. The highest BCUT2D eigenvalue weighted by Crippen LogP contribution is 2.22. The molecule has 0 saturated carbocycles. The van der Waals surface area contributed by atoms with Gasteiger partial charge in [-0.25, -0.2) is 0 Å². The van der Waals surface area contributed by atoms with Gasteiger partial charge < -0.3 is 10.6 Å². The number of hydrogen-bond donors (Lipinski definition) is 2. The second kappa shape index (κ2) is 6.53. The summed E-state index contributed by atoms with van der Waals surface area (Å²) in [7, 11) is 0. The van der Waals surface area contributed by atoms with E-state index in [0.717, 1.165) is 13.1 Å². The number of halogens is 1. The van der Waals surface area contributed by atoms with Gasteiger partial charge in [0.25, 0.3) is 0 Å². The maximum atomic E-state index is 3.58. The first-order chi connectivity index (χ1) is 7.90. The Balaban J connectivity index is 2.36. The molecular formula is C14H23BrN2. The minimum atomic E-state index is 0.193. The summed E-state index contributed by atoms with van der Waals surface area (Å²) < 4.78 is 1.17. The summed E-state index contributed by atoms with van der Waals surface area (Å²) in [6.45, 7) is 10.7. The molecule has 0 radical (unpaired) electrons. The fraction of sp³-hybridized carbons (Fsp3) is 0.571. The van der Waals surface area contributed by atoms with Gasteiger partial charge in [0, 0.05) is 29.1 Å². The molecule has 0 saturated heterocycles. The third kappa shape index (κ3) is 5.66. The normalized spacial score (nSPS) is 13.7. The summed E-state index contributed by atoms with van der Waals surface area (Å²) in [6.07, 6.45) is 0. The molecule has 1 atom stereocenters. The van der Waals surface area contributed by atoms with E-state index in [2.05, 4.69) is 72.5 Å². The molecule has 1 aromatic carbocycles. The first-order valence-corrected chi connectivity index (χ1v) is 6.92. The van der Waals surface area contributed by atoms with Gasteiger partial charge in [0.1, 0.15) is 0 Å². The van der Waals surface area contributed by atoms with Gasteiger partial charge in [-0.05, 0) is 39.3 Å². The molecule has 0 amide bonds. The van der Waals surface area contributed by atoms with Gasteiger partial charge in [-0.2, -0.15) is 0 Å². The van der Waals surface area contributed by atoms with Gasteiger partial charge in [-0.3, -0.25) is 0 Å². The van der Waals surface area contributed by atoms with Crippen LogP contribution < -0.4 is 10.6 Å².